The summed E-state index contributed by atoms with van der Waals surface area (Å²) in [6.07, 6.45) is 2.16. The Hall–Kier alpha value is -3.68. The molecule has 0 bridgehead atoms. The lowest BCUT2D eigenvalue weighted by Crippen LogP contribution is -2.27. The molecule has 4 aromatic rings. The van der Waals surface area contributed by atoms with E-state index in [9.17, 15) is 4.79 Å². The van der Waals surface area contributed by atoms with Crippen molar-refractivity contribution in [3.63, 3.8) is 0 Å². The molecule has 2 heterocycles. The Morgan fingerprint density at radius 2 is 1.74 bits per heavy atom. The minimum atomic E-state index is -0.587. The zero-order chi connectivity index (χ0) is 22.0. The predicted octanol–water partition coefficient (Wildman–Crippen LogP) is 4.39. The van der Waals surface area contributed by atoms with Crippen molar-refractivity contribution in [2.75, 3.05) is 7.11 Å². The van der Waals surface area contributed by atoms with Gasteiger partial charge in [0.2, 0.25) is 11.8 Å². The molecule has 0 unspecified atom stereocenters. The van der Waals surface area contributed by atoms with E-state index in [-0.39, 0.29) is 0 Å². The van der Waals surface area contributed by atoms with E-state index in [0.717, 1.165) is 22.3 Å². The summed E-state index contributed by atoms with van der Waals surface area (Å²) in [4.78, 5) is 12.3. The summed E-state index contributed by atoms with van der Waals surface area (Å²) in [5, 5.41) is 13.3. The molecule has 0 saturated carbocycles. The Bertz CT molecular complexity index is 1220. The van der Waals surface area contributed by atoms with Crippen LogP contribution in [0.3, 0.4) is 0 Å². The van der Waals surface area contributed by atoms with Gasteiger partial charge in [0.15, 0.2) is 0 Å². The maximum absolute atomic E-state index is 12.3. The third-order valence-electron chi connectivity index (χ3n) is 4.55. The van der Waals surface area contributed by atoms with E-state index in [1.165, 1.54) is 4.68 Å². The number of carbonyl (C=O) groups is 1. The van der Waals surface area contributed by atoms with Crippen LogP contribution in [0.1, 0.15) is 43.7 Å². The van der Waals surface area contributed by atoms with Gasteiger partial charge in [0.25, 0.3) is 0 Å². The van der Waals surface area contributed by atoms with Gasteiger partial charge in [0, 0.05) is 5.39 Å². The monoisotopic (exact) mass is 420 g/mol. The lowest BCUT2D eigenvalue weighted by atomic mass is 10.1. The number of aromatic nitrogens is 4. The van der Waals surface area contributed by atoms with Crippen LogP contribution in [0.2, 0.25) is 0 Å². The van der Waals surface area contributed by atoms with Crippen LogP contribution in [0.25, 0.3) is 10.9 Å². The highest BCUT2D eigenvalue weighted by molar-refractivity contribution is 5.88. The van der Waals surface area contributed by atoms with Gasteiger partial charge in [-0.1, -0.05) is 18.2 Å². The molecule has 0 atom stereocenters. The van der Waals surface area contributed by atoms with E-state index in [2.05, 4.69) is 15.3 Å². The number of nitrogens with zero attached hydrogens (tertiary/aromatic N) is 4. The molecule has 0 radical (unpaired) electrons. The van der Waals surface area contributed by atoms with Gasteiger partial charge >= 0.3 is 6.09 Å². The summed E-state index contributed by atoms with van der Waals surface area (Å²) >= 11 is 0. The number of benzene rings is 2. The molecule has 0 spiro atoms. The number of rotatable bonds is 5. The molecule has 0 aliphatic heterocycles. The van der Waals surface area contributed by atoms with Crippen LogP contribution in [-0.2, 0) is 17.6 Å². The number of methoxy groups -OCH3 is 1. The van der Waals surface area contributed by atoms with Crippen molar-refractivity contribution in [2.45, 2.75) is 39.2 Å². The first-order valence-corrected chi connectivity index (χ1v) is 9.95. The van der Waals surface area contributed by atoms with Crippen molar-refractivity contribution in [1.82, 2.24) is 20.0 Å². The average Bonchev–Trinajstić information content (AvgIpc) is 3.33. The number of ether oxygens (including phenoxy) is 2. The highest BCUT2D eigenvalue weighted by Crippen LogP contribution is 2.20. The van der Waals surface area contributed by atoms with Gasteiger partial charge in [0.05, 0.1) is 31.7 Å². The molecule has 0 aliphatic rings. The van der Waals surface area contributed by atoms with Crippen LogP contribution in [-0.4, -0.2) is 38.8 Å². The lowest BCUT2D eigenvalue weighted by Gasteiger charge is -2.19. The fourth-order valence-electron chi connectivity index (χ4n) is 3.21. The predicted molar refractivity (Wildman–Crippen MR) is 114 cm³/mol. The first-order chi connectivity index (χ1) is 14.8. The quantitative estimate of drug-likeness (QED) is 0.473. The third-order valence-corrected chi connectivity index (χ3v) is 4.55. The van der Waals surface area contributed by atoms with Gasteiger partial charge in [-0.3, -0.25) is 0 Å². The summed E-state index contributed by atoms with van der Waals surface area (Å²) < 4.78 is 17.7. The van der Waals surface area contributed by atoms with Crippen molar-refractivity contribution in [2.24, 2.45) is 0 Å². The van der Waals surface area contributed by atoms with Gasteiger partial charge in [-0.25, -0.2) is 4.79 Å². The fourth-order valence-corrected chi connectivity index (χ4v) is 3.21. The van der Waals surface area contributed by atoms with Crippen molar-refractivity contribution >= 4 is 17.0 Å². The number of hydrogen-bond donors (Lipinski definition) is 0. The zero-order valence-corrected chi connectivity index (χ0v) is 18.0. The van der Waals surface area contributed by atoms with Crippen LogP contribution < -0.4 is 4.74 Å². The van der Waals surface area contributed by atoms with Crippen molar-refractivity contribution < 1.29 is 18.7 Å². The Labute approximate surface area is 179 Å². The molecular weight excluding hydrogens is 396 g/mol. The van der Waals surface area contributed by atoms with Gasteiger partial charge in [-0.15, -0.1) is 10.2 Å². The molecule has 8 nitrogen and oxygen atoms in total. The summed E-state index contributed by atoms with van der Waals surface area (Å²) in [5.41, 5.74) is 2.11. The summed E-state index contributed by atoms with van der Waals surface area (Å²) in [6, 6.07) is 13.5. The Balaban J connectivity index is 1.47. The Morgan fingerprint density at radius 3 is 2.42 bits per heavy atom. The molecule has 8 heteroatoms. The van der Waals surface area contributed by atoms with Crippen LogP contribution >= 0.6 is 0 Å². The lowest BCUT2D eigenvalue weighted by molar-refractivity contribution is 0.0522. The third kappa shape index (κ3) is 4.91. The number of hydrogen-bond acceptors (Lipinski definition) is 7. The molecule has 0 amide bonds. The molecular formula is C23H24N4O4. The molecule has 0 saturated heterocycles. The van der Waals surface area contributed by atoms with E-state index in [1.807, 2.05) is 63.2 Å². The second kappa shape index (κ2) is 8.22. The number of carbonyl (C=O) groups excluding carboxylic acids is 1. The van der Waals surface area contributed by atoms with Crippen molar-refractivity contribution in [3.8, 4) is 5.75 Å². The Morgan fingerprint density at radius 1 is 1.03 bits per heavy atom. The van der Waals surface area contributed by atoms with E-state index >= 15 is 0 Å². The summed E-state index contributed by atoms with van der Waals surface area (Å²) in [7, 11) is 1.64. The number of fused-ring (bicyclic) bond motifs is 1. The van der Waals surface area contributed by atoms with Gasteiger partial charge in [-0.05, 0) is 56.2 Å². The maximum atomic E-state index is 12.3. The minimum Gasteiger partial charge on any atom is -0.497 e. The molecule has 2 aromatic carbocycles. The SMILES string of the molecule is COc1cccc(Cc2nnc(Cc3ccc4c(cnn4C(=O)OC(C)(C)C)c3)o2)c1. The molecule has 2 aromatic heterocycles. The van der Waals surface area contributed by atoms with E-state index in [4.69, 9.17) is 13.9 Å². The molecule has 0 aliphatic carbocycles. The molecule has 0 N–H and O–H groups in total. The van der Waals surface area contributed by atoms with E-state index in [0.29, 0.717) is 30.1 Å². The van der Waals surface area contributed by atoms with Crippen LogP contribution in [0.5, 0.6) is 5.75 Å². The van der Waals surface area contributed by atoms with Crippen LogP contribution in [0.4, 0.5) is 4.79 Å². The van der Waals surface area contributed by atoms with Crippen molar-refractivity contribution in [3.05, 3.63) is 71.6 Å². The topological polar surface area (TPSA) is 92.3 Å². The average molecular weight is 420 g/mol. The Kier molecular flexibility index (Phi) is 5.46. The van der Waals surface area contributed by atoms with E-state index in [1.54, 1.807) is 13.3 Å². The fraction of sp³-hybridized carbons (Fsp3) is 0.304. The molecule has 0 fully saturated rings. The second-order valence-corrected chi connectivity index (χ2v) is 8.22. The molecule has 4 rings (SSSR count). The van der Waals surface area contributed by atoms with Crippen molar-refractivity contribution in [1.29, 1.82) is 0 Å². The smallest absolute Gasteiger partial charge is 0.435 e. The van der Waals surface area contributed by atoms with Crippen LogP contribution in [0, 0.1) is 0 Å². The van der Waals surface area contributed by atoms with Gasteiger partial charge in [-0.2, -0.15) is 9.78 Å². The minimum absolute atomic E-state index is 0.485. The largest absolute Gasteiger partial charge is 0.497 e. The highest BCUT2D eigenvalue weighted by Gasteiger charge is 2.20. The first-order valence-electron chi connectivity index (χ1n) is 9.95. The normalized spacial score (nSPS) is 11.6. The second-order valence-electron chi connectivity index (χ2n) is 8.22. The standard InChI is InChI=1S/C23H24N4O4/c1-23(2,3)31-22(28)27-19-9-8-16(10-17(19)14-24-27)13-21-26-25-20(30-21)12-15-6-5-7-18(11-15)29-4/h5-11,14H,12-13H2,1-4H3. The molecule has 160 valence electrons. The van der Waals surface area contributed by atoms with E-state index < -0.39 is 11.7 Å². The molecule has 31 heavy (non-hydrogen) atoms. The first kappa shape index (κ1) is 20.6. The summed E-state index contributed by atoms with van der Waals surface area (Å²) in [6.45, 7) is 5.46. The summed E-state index contributed by atoms with van der Waals surface area (Å²) in [5.74, 6) is 1.86. The highest BCUT2D eigenvalue weighted by atomic mass is 16.6. The van der Waals surface area contributed by atoms with Gasteiger partial charge < -0.3 is 13.9 Å². The van der Waals surface area contributed by atoms with Crippen LogP contribution in [0.15, 0.2) is 53.1 Å². The van der Waals surface area contributed by atoms with Gasteiger partial charge in [0.1, 0.15) is 11.4 Å². The maximum Gasteiger partial charge on any atom is 0.435 e. The zero-order valence-electron chi connectivity index (χ0n) is 18.0.